The average Bonchev–Trinajstić information content (AvgIpc) is 2.27. The van der Waals surface area contributed by atoms with Gasteiger partial charge in [-0.1, -0.05) is 0 Å². The molecule has 0 rings (SSSR count). The van der Waals surface area contributed by atoms with Gasteiger partial charge in [-0.3, -0.25) is 4.79 Å². The van der Waals surface area contributed by atoms with Crippen LogP contribution in [-0.2, 0) is 4.79 Å². The highest BCUT2D eigenvalue weighted by atomic mass is 16.2. The normalized spacial score (nSPS) is 11.5. The van der Waals surface area contributed by atoms with Crippen LogP contribution in [0.3, 0.4) is 0 Å². The van der Waals surface area contributed by atoms with E-state index in [1.54, 1.807) is 32.6 Å². The highest BCUT2D eigenvalue weighted by molar-refractivity contribution is 5.83. The quantitative estimate of drug-likeness (QED) is 0.771. The number of nitriles is 2. The predicted molar refractivity (Wildman–Crippen MR) is 69.1 cm³/mol. The standard InChI is InChI=1S/C13H22N4O/c1-12(2,13(3,4)16)11(18)17(9-5-7-14)10-6-8-15/h5-6,9-10,16H2,1-4H3. The monoisotopic (exact) mass is 250 g/mol. The second kappa shape index (κ2) is 6.37. The number of carbonyl (C=O) groups excluding carboxylic acids is 1. The molecule has 0 unspecified atom stereocenters. The van der Waals surface area contributed by atoms with Gasteiger partial charge in [-0.05, 0) is 27.7 Å². The molecule has 1 amide bonds. The average molecular weight is 250 g/mol. The Morgan fingerprint density at radius 2 is 1.50 bits per heavy atom. The third kappa shape index (κ3) is 4.01. The van der Waals surface area contributed by atoms with Crippen LogP contribution in [0, 0.1) is 28.1 Å². The Morgan fingerprint density at radius 1 is 1.11 bits per heavy atom. The Labute approximate surface area is 109 Å². The van der Waals surface area contributed by atoms with Gasteiger partial charge in [-0.15, -0.1) is 0 Å². The lowest BCUT2D eigenvalue weighted by atomic mass is 9.74. The fourth-order valence-corrected chi connectivity index (χ4v) is 1.36. The third-order valence-electron chi connectivity index (χ3n) is 3.42. The number of hydrogen-bond donors (Lipinski definition) is 1. The van der Waals surface area contributed by atoms with Crippen LogP contribution in [0.5, 0.6) is 0 Å². The van der Waals surface area contributed by atoms with E-state index in [1.807, 2.05) is 12.1 Å². The lowest BCUT2D eigenvalue weighted by Crippen LogP contribution is -2.56. The molecule has 5 heteroatoms. The second-order valence-corrected chi connectivity index (χ2v) is 5.46. The first kappa shape index (κ1) is 16.4. The zero-order valence-electron chi connectivity index (χ0n) is 11.7. The Balaban J connectivity index is 4.96. The molecule has 100 valence electrons. The molecule has 0 fully saturated rings. The summed E-state index contributed by atoms with van der Waals surface area (Å²) in [6, 6.07) is 4.02. The van der Waals surface area contributed by atoms with Crippen molar-refractivity contribution in [3.05, 3.63) is 0 Å². The molecule has 18 heavy (non-hydrogen) atoms. The molecule has 0 aromatic heterocycles. The van der Waals surface area contributed by atoms with E-state index in [2.05, 4.69) is 0 Å². The molecule has 0 aliphatic carbocycles. The van der Waals surface area contributed by atoms with E-state index < -0.39 is 11.0 Å². The highest BCUT2D eigenvalue weighted by Crippen LogP contribution is 2.30. The Hall–Kier alpha value is -1.59. The maximum atomic E-state index is 12.5. The van der Waals surface area contributed by atoms with Crippen molar-refractivity contribution in [3.63, 3.8) is 0 Å². The zero-order valence-corrected chi connectivity index (χ0v) is 11.7. The Bertz CT molecular complexity index is 350. The van der Waals surface area contributed by atoms with E-state index >= 15 is 0 Å². The minimum atomic E-state index is -0.738. The van der Waals surface area contributed by atoms with E-state index in [0.29, 0.717) is 13.1 Å². The maximum absolute atomic E-state index is 12.5. The summed E-state index contributed by atoms with van der Waals surface area (Å²) in [5.74, 6) is -0.111. The van der Waals surface area contributed by atoms with Gasteiger partial charge in [0.2, 0.25) is 5.91 Å². The minimum absolute atomic E-state index is 0.111. The molecule has 5 nitrogen and oxygen atoms in total. The van der Waals surface area contributed by atoms with Crippen molar-refractivity contribution in [3.8, 4) is 12.1 Å². The van der Waals surface area contributed by atoms with Crippen molar-refractivity contribution < 1.29 is 4.79 Å². The van der Waals surface area contributed by atoms with E-state index in [4.69, 9.17) is 16.3 Å². The topological polar surface area (TPSA) is 93.9 Å². The van der Waals surface area contributed by atoms with Crippen LogP contribution in [-0.4, -0.2) is 29.4 Å². The first-order valence-electron chi connectivity index (χ1n) is 6.00. The van der Waals surface area contributed by atoms with Gasteiger partial charge in [-0.2, -0.15) is 10.5 Å². The zero-order chi connectivity index (χ0) is 14.4. The molecule has 0 atom stereocenters. The Morgan fingerprint density at radius 3 is 1.78 bits per heavy atom. The molecule has 0 saturated carbocycles. The number of hydrogen-bond acceptors (Lipinski definition) is 4. The molecular weight excluding hydrogens is 228 g/mol. The molecule has 0 aliphatic rings. The lowest BCUT2D eigenvalue weighted by molar-refractivity contribution is -0.143. The summed E-state index contributed by atoms with van der Waals surface area (Å²) < 4.78 is 0. The van der Waals surface area contributed by atoms with Crippen molar-refractivity contribution in [2.45, 2.75) is 46.1 Å². The number of nitrogens with two attached hydrogens (primary N) is 1. The molecular formula is C13H22N4O. The predicted octanol–water partition coefficient (Wildman–Crippen LogP) is 1.41. The van der Waals surface area contributed by atoms with Crippen LogP contribution >= 0.6 is 0 Å². The number of rotatable bonds is 6. The molecule has 0 bridgehead atoms. The Kier molecular flexibility index (Phi) is 5.81. The van der Waals surface area contributed by atoms with Crippen LogP contribution in [0.2, 0.25) is 0 Å². The molecule has 0 aliphatic heterocycles. The van der Waals surface area contributed by atoms with Crippen molar-refractivity contribution in [1.82, 2.24) is 4.90 Å². The summed E-state index contributed by atoms with van der Waals surface area (Å²) in [5.41, 5.74) is 4.63. The summed E-state index contributed by atoms with van der Waals surface area (Å²) in [4.78, 5) is 14.0. The van der Waals surface area contributed by atoms with Crippen molar-refractivity contribution in [2.75, 3.05) is 13.1 Å². The molecule has 0 aromatic carbocycles. The fraction of sp³-hybridized carbons (Fsp3) is 0.769. The first-order valence-corrected chi connectivity index (χ1v) is 6.00. The SMILES string of the molecule is CC(C)(N)C(C)(C)C(=O)N(CCC#N)CCC#N. The lowest BCUT2D eigenvalue weighted by Gasteiger charge is -2.40. The molecule has 0 spiro atoms. The van der Waals surface area contributed by atoms with Gasteiger partial charge in [0.1, 0.15) is 0 Å². The van der Waals surface area contributed by atoms with E-state index in [-0.39, 0.29) is 18.7 Å². The van der Waals surface area contributed by atoms with Crippen molar-refractivity contribution >= 4 is 5.91 Å². The van der Waals surface area contributed by atoms with Crippen LogP contribution < -0.4 is 5.73 Å². The largest absolute Gasteiger partial charge is 0.340 e. The molecule has 0 heterocycles. The van der Waals surface area contributed by atoms with Crippen LogP contribution in [0.15, 0.2) is 0 Å². The molecule has 0 aromatic rings. The van der Waals surface area contributed by atoms with Crippen LogP contribution in [0.4, 0.5) is 0 Å². The van der Waals surface area contributed by atoms with Gasteiger partial charge in [0, 0.05) is 18.6 Å². The van der Waals surface area contributed by atoms with Gasteiger partial charge in [0.25, 0.3) is 0 Å². The van der Waals surface area contributed by atoms with Gasteiger partial charge in [-0.25, -0.2) is 0 Å². The highest BCUT2D eigenvalue weighted by Gasteiger charge is 2.42. The van der Waals surface area contributed by atoms with Gasteiger partial charge < -0.3 is 10.6 Å². The summed E-state index contributed by atoms with van der Waals surface area (Å²) in [7, 11) is 0. The van der Waals surface area contributed by atoms with Gasteiger partial charge in [0.15, 0.2) is 0 Å². The summed E-state index contributed by atoms with van der Waals surface area (Å²) in [6.45, 7) is 7.88. The second-order valence-electron chi connectivity index (χ2n) is 5.46. The maximum Gasteiger partial charge on any atom is 0.230 e. The number of amides is 1. The molecule has 0 radical (unpaired) electrons. The molecule has 2 N–H and O–H groups in total. The third-order valence-corrected chi connectivity index (χ3v) is 3.42. The van der Waals surface area contributed by atoms with Crippen molar-refractivity contribution in [1.29, 1.82) is 10.5 Å². The fourth-order valence-electron chi connectivity index (χ4n) is 1.36. The number of nitrogens with zero attached hydrogens (tertiary/aromatic N) is 3. The van der Waals surface area contributed by atoms with E-state index in [1.165, 1.54) is 0 Å². The summed E-state index contributed by atoms with van der Waals surface area (Å²) >= 11 is 0. The molecule has 0 saturated heterocycles. The van der Waals surface area contributed by atoms with Crippen LogP contribution in [0.1, 0.15) is 40.5 Å². The first-order chi connectivity index (χ1) is 8.18. The van der Waals surface area contributed by atoms with E-state index in [0.717, 1.165) is 0 Å². The minimum Gasteiger partial charge on any atom is -0.340 e. The van der Waals surface area contributed by atoms with Gasteiger partial charge >= 0.3 is 0 Å². The van der Waals surface area contributed by atoms with E-state index in [9.17, 15) is 4.79 Å². The van der Waals surface area contributed by atoms with Crippen LogP contribution in [0.25, 0.3) is 0 Å². The van der Waals surface area contributed by atoms with Crippen molar-refractivity contribution in [2.24, 2.45) is 11.1 Å². The number of carbonyl (C=O) groups is 1. The van der Waals surface area contributed by atoms with Gasteiger partial charge in [0.05, 0.1) is 30.4 Å². The smallest absolute Gasteiger partial charge is 0.230 e. The summed E-state index contributed by atoms with van der Waals surface area (Å²) in [6.07, 6.45) is 0.524. The summed E-state index contributed by atoms with van der Waals surface area (Å²) in [5, 5.41) is 17.2.